The first-order valence-corrected chi connectivity index (χ1v) is 4.44. The Morgan fingerprint density at radius 1 is 1.62 bits per heavy atom. The molecule has 1 aromatic rings. The maximum atomic E-state index is 10.7. The quantitative estimate of drug-likeness (QED) is 0.656. The van der Waals surface area contributed by atoms with Crippen molar-refractivity contribution in [2.75, 3.05) is 7.11 Å². The molecule has 0 saturated heterocycles. The van der Waals surface area contributed by atoms with Crippen molar-refractivity contribution in [3.8, 4) is 11.8 Å². The molecule has 0 aliphatic rings. The van der Waals surface area contributed by atoms with Crippen LogP contribution >= 0.6 is 0 Å². The normalized spacial score (nSPS) is 11.8. The molecule has 1 atom stereocenters. The lowest BCUT2D eigenvalue weighted by Gasteiger charge is -2.10. The van der Waals surface area contributed by atoms with Gasteiger partial charge in [0.1, 0.15) is 5.75 Å². The lowest BCUT2D eigenvalue weighted by molar-refractivity contribution is 0.401. The van der Waals surface area contributed by atoms with Crippen molar-refractivity contribution >= 4 is 11.1 Å². The predicted octanol–water partition coefficient (Wildman–Crippen LogP) is 0.805. The molecule has 5 heteroatoms. The van der Waals surface area contributed by atoms with E-state index in [1.165, 1.54) is 25.3 Å². The van der Waals surface area contributed by atoms with Crippen LogP contribution in [-0.2, 0) is 11.1 Å². The molecule has 0 aromatic heterocycles. The van der Waals surface area contributed by atoms with E-state index in [1.807, 2.05) is 6.07 Å². The molecule has 0 fully saturated rings. The van der Waals surface area contributed by atoms with Crippen molar-refractivity contribution < 1.29 is 13.5 Å². The molecule has 1 unspecified atom stereocenters. The highest BCUT2D eigenvalue weighted by Crippen LogP contribution is 2.21. The smallest absolute Gasteiger partial charge is 0.133 e. The molecule has 1 rings (SSSR count). The summed E-state index contributed by atoms with van der Waals surface area (Å²) in [6.07, 6.45) is 0. The highest BCUT2D eigenvalue weighted by Gasteiger charge is 2.03. The predicted molar refractivity (Wildman–Crippen MR) is 44.9 cm³/mol. The summed E-state index contributed by atoms with van der Waals surface area (Å²) in [6.45, 7) is 0. The van der Waals surface area contributed by atoms with Crippen LogP contribution in [0.4, 0.5) is 0 Å². The van der Waals surface area contributed by atoms with Crippen LogP contribution in [0.5, 0.6) is 5.75 Å². The molecule has 0 spiro atoms. The summed E-state index contributed by atoms with van der Waals surface area (Å²) in [5.41, 5.74) is 0.292. The van der Waals surface area contributed by atoms with Crippen molar-refractivity contribution in [1.82, 2.24) is 0 Å². The minimum atomic E-state index is -2.38. The number of methoxy groups -OCH3 is 1. The molecule has 0 amide bonds. The fraction of sp³-hybridized carbons (Fsp3) is 0.125. The molecule has 0 bridgehead atoms. The number of rotatable bonds is 2. The summed E-state index contributed by atoms with van der Waals surface area (Å²) in [5, 5.41) is 8.52. The van der Waals surface area contributed by atoms with Crippen LogP contribution in [0.1, 0.15) is 5.56 Å². The van der Waals surface area contributed by atoms with Crippen molar-refractivity contribution in [3.05, 3.63) is 23.8 Å². The molecule has 0 heterocycles. The van der Waals surface area contributed by atoms with Gasteiger partial charge in [-0.05, 0) is 29.3 Å². The Hall–Kier alpha value is -1.38. The molecule has 13 heavy (non-hydrogen) atoms. The number of hydrogen-bond donors (Lipinski definition) is 0. The second kappa shape index (κ2) is 4.03. The number of nitrogens with zero attached hydrogens (tertiary/aromatic N) is 1. The Morgan fingerprint density at radius 3 is 2.77 bits per heavy atom. The monoisotopic (exact) mass is 196 g/mol. The Morgan fingerprint density at radius 2 is 2.31 bits per heavy atom. The number of benzene rings is 1. The van der Waals surface area contributed by atoms with E-state index in [4.69, 9.17) is 10.00 Å². The fourth-order valence-electron chi connectivity index (χ4n) is 0.876. The first-order valence-electron chi connectivity index (χ1n) is 3.36. The fourth-order valence-corrected chi connectivity index (χ4v) is 1.42. The van der Waals surface area contributed by atoms with Crippen LogP contribution in [0, 0.1) is 11.3 Å². The van der Waals surface area contributed by atoms with Gasteiger partial charge in [-0.25, -0.2) is 0 Å². The largest absolute Gasteiger partial charge is 0.768 e. The Bertz CT molecular complexity index is 383. The van der Waals surface area contributed by atoms with Crippen LogP contribution in [0.2, 0.25) is 0 Å². The van der Waals surface area contributed by atoms with E-state index in [1.54, 1.807) is 0 Å². The molecule has 0 N–H and O–H groups in total. The molecule has 4 nitrogen and oxygen atoms in total. The third kappa shape index (κ3) is 2.05. The third-order valence-corrected chi connectivity index (χ3v) is 2.15. The van der Waals surface area contributed by atoms with Crippen LogP contribution in [0.3, 0.4) is 0 Å². The van der Waals surface area contributed by atoms with E-state index < -0.39 is 11.1 Å². The zero-order valence-electron chi connectivity index (χ0n) is 6.81. The van der Waals surface area contributed by atoms with Gasteiger partial charge < -0.3 is 9.29 Å². The van der Waals surface area contributed by atoms with Gasteiger partial charge in [-0.2, -0.15) is 5.26 Å². The van der Waals surface area contributed by atoms with E-state index in [-0.39, 0.29) is 10.6 Å². The molecule has 0 saturated carbocycles. The van der Waals surface area contributed by atoms with Crippen LogP contribution < -0.4 is 4.74 Å². The number of hydrogen-bond acceptors (Lipinski definition) is 4. The van der Waals surface area contributed by atoms with Crippen molar-refractivity contribution in [2.45, 2.75) is 4.90 Å². The van der Waals surface area contributed by atoms with Gasteiger partial charge in [0.25, 0.3) is 0 Å². The lowest BCUT2D eigenvalue weighted by Crippen LogP contribution is -1.95. The van der Waals surface area contributed by atoms with E-state index >= 15 is 0 Å². The first-order chi connectivity index (χ1) is 6.19. The number of nitriles is 1. The van der Waals surface area contributed by atoms with Gasteiger partial charge in [-0.15, -0.1) is 0 Å². The summed E-state index contributed by atoms with van der Waals surface area (Å²) in [7, 11) is 1.37. The van der Waals surface area contributed by atoms with Gasteiger partial charge in [-0.3, -0.25) is 4.21 Å². The zero-order chi connectivity index (χ0) is 9.84. The second-order valence-electron chi connectivity index (χ2n) is 2.21. The number of ether oxygens (including phenoxy) is 1. The molecule has 68 valence electrons. The van der Waals surface area contributed by atoms with Crippen LogP contribution in [-0.4, -0.2) is 15.9 Å². The first kappa shape index (κ1) is 9.71. The van der Waals surface area contributed by atoms with Crippen LogP contribution in [0.25, 0.3) is 0 Å². The van der Waals surface area contributed by atoms with E-state index in [0.29, 0.717) is 5.56 Å². The highest BCUT2D eigenvalue weighted by molar-refractivity contribution is 7.79. The summed E-state index contributed by atoms with van der Waals surface area (Å²) in [4.78, 5) is 0.00144. The maximum Gasteiger partial charge on any atom is 0.133 e. The van der Waals surface area contributed by atoms with Crippen molar-refractivity contribution in [3.63, 3.8) is 0 Å². The topological polar surface area (TPSA) is 73.1 Å². The van der Waals surface area contributed by atoms with E-state index in [2.05, 4.69) is 0 Å². The molecule has 0 aliphatic heterocycles. The highest BCUT2D eigenvalue weighted by atomic mass is 32.2. The molecule has 0 radical (unpaired) electrons. The minimum Gasteiger partial charge on any atom is -0.768 e. The molecule has 0 aliphatic carbocycles. The second-order valence-corrected chi connectivity index (χ2v) is 3.12. The SMILES string of the molecule is COc1ccc(C#N)cc1S(=O)[O-]. The minimum absolute atomic E-state index is 0.00144. The van der Waals surface area contributed by atoms with Gasteiger partial charge in [0.2, 0.25) is 0 Å². The van der Waals surface area contributed by atoms with E-state index in [9.17, 15) is 8.76 Å². The van der Waals surface area contributed by atoms with Gasteiger partial charge >= 0.3 is 0 Å². The summed E-state index contributed by atoms with van der Waals surface area (Å²) >= 11 is -2.38. The molecular weight excluding hydrogens is 190 g/mol. The van der Waals surface area contributed by atoms with Gasteiger partial charge in [-0.1, -0.05) is 0 Å². The Kier molecular flexibility index (Phi) is 3.01. The van der Waals surface area contributed by atoms with Crippen LogP contribution in [0.15, 0.2) is 23.1 Å². The summed E-state index contributed by atoms with van der Waals surface area (Å²) < 4.78 is 26.1. The third-order valence-electron chi connectivity index (χ3n) is 1.47. The summed E-state index contributed by atoms with van der Waals surface area (Å²) in [6, 6.07) is 6.05. The molecule has 1 aromatic carbocycles. The summed E-state index contributed by atoms with van der Waals surface area (Å²) in [5.74, 6) is 0.243. The van der Waals surface area contributed by atoms with E-state index in [0.717, 1.165) is 0 Å². The Balaban J connectivity index is 3.28. The lowest BCUT2D eigenvalue weighted by atomic mass is 10.2. The molecular formula is C8H6NO3S-. The standard InChI is InChI=1S/C8H7NO3S/c1-12-7-3-2-6(5-9)4-8(7)13(10)11/h2-4H,1H3,(H,10,11)/p-1. The van der Waals surface area contributed by atoms with Gasteiger partial charge in [0.05, 0.1) is 23.6 Å². The Labute approximate surface area is 78.0 Å². The zero-order valence-corrected chi connectivity index (χ0v) is 7.63. The van der Waals surface area contributed by atoms with Gasteiger partial charge in [0, 0.05) is 0 Å². The average molecular weight is 196 g/mol. The van der Waals surface area contributed by atoms with Gasteiger partial charge in [0.15, 0.2) is 0 Å². The maximum absolute atomic E-state index is 10.7. The average Bonchev–Trinajstić information content (AvgIpc) is 2.16. The van der Waals surface area contributed by atoms with Crippen molar-refractivity contribution in [2.24, 2.45) is 0 Å². The van der Waals surface area contributed by atoms with Crippen molar-refractivity contribution in [1.29, 1.82) is 5.26 Å².